The Bertz CT molecular complexity index is 1200. The zero-order chi connectivity index (χ0) is 24.3. The topological polar surface area (TPSA) is 56.8 Å². The summed E-state index contributed by atoms with van der Waals surface area (Å²) < 4.78 is 41.2. The Morgan fingerprint density at radius 1 is 0.800 bits per heavy atom. The van der Waals surface area contributed by atoms with Crippen molar-refractivity contribution < 1.29 is 12.8 Å². The first-order chi connectivity index (χ1) is 17.0. The third-order valence-electron chi connectivity index (χ3n) is 7.09. The quantitative estimate of drug-likeness (QED) is 0.514. The highest BCUT2D eigenvalue weighted by atomic mass is 32.2. The molecule has 0 spiro atoms. The van der Waals surface area contributed by atoms with Crippen molar-refractivity contribution in [2.45, 2.75) is 24.2 Å². The average molecular weight is 495 g/mol. The lowest BCUT2D eigenvalue weighted by atomic mass is 9.91. The molecular weight excluding hydrogens is 463 g/mol. The van der Waals surface area contributed by atoms with E-state index in [-0.39, 0.29) is 10.7 Å². The molecule has 2 saturated heterocycles. The highest BCUT2D eigenvalue weighted by Crippen LogP contribution is 2.27. The van der Waals surface area contributed by atoms with Crippen molar-refractivity contribution in [1.82, 2.24) is 9.29 Å². The van der Waals surface area contributed by atoms with Crippen LogP contribution in [-0.4, -0.2) is 57.0 Å². The number of anilines is 2. The largest absolute Gasteiger partial charge is 0.368 e. The molecule has 0 saturated carbocycles. The fraction of sp³-hybridized carbons (Fsp3) is 0.370. The van der Waals surface area contributed by atoms with Crippen LogP contribution in [0.3, 0.4) is 0 Å². The number of hydrogen-bond acceptors (Lipinski definition) is 5. The third-order valence-corrected chi connectivity index (χ3v) is 8.98. The molecule has 0 aliphatic carbocycles. The van der Waals surface area contributed by atoms with Gasteiger partial charge in [-0.2, -0.15) is 4.31 Å². The molecule has 6 nitrogen and oxygen atoms in total. The summed E-state index contributed by atoms with van der Waals surface area (Å²) >= 11 is 0. The van der Waals surface area contributed by atoms with E-state index < -0.39 is 10.0 Å². The van der Waals surface area contributed by atoms with Crippen molar-refractivity contribution in [3.8, 4) is 0 Å². The first kappa shape index (κ1) is 23.8. The average Bonchev–Trinajstić information content (AvgIpc) is 2.90. The third kappa shape index (κ3) is 5.49. The number of piperazine rings is 1. The minimum absolute atomic E-state index is 0.233. The molecule has 2 aliphatic rings. The molecule has 2 aliphatic heterocycles. The summed E-state index contributed by atoms with van der Waals surface area (Å²) in [5.41, 5.74) is 2.32. The molecule has 1 aromatic heterocycles. The lowest BCUT2D eigenvalue weighted by Crippen LogP contribution is -2.46. The van der Waals surface area contributed by atoms with E-state index in [9.17, 15) is 12.8 Å². The smallest absolute Gasteiger partial charge is 0.244 e. The van der Waals surface area contributed by atoms with Gasteiger partial charge in [0.1, 0.15) is 16.5 Å². The first-order valence-electron chi connectivity index (χ1n) is 12.2. The van der Waals surface area contributed by atoms with Gasteiger partial charge < -0.3 is 9.80 Å². The van der Waals surface area contributed by atoms with Gasteiger partial charge in [-0.15, -0.1) is 0 Å². The lowest BCUT2D eigenvalue weighted by molar-refractivity contribution is 0.273. The molecule has 0 N–H and O–H groups in total. The Labute approximate surface area is 207 Å². The summed E-state index contributed by atoms with van der Waals surface area (Å²) in [5, 5.41) is 0. The number of hydrogen-bond donors (Lipinski definition) is 0. The van der Waals surface area contributed by atoms with Gasteiger partial charge in [-0.05, 0) is 67.1 Å². The molecule has 184 valence electrons. The Kier molecular flexibility index (Phi) is 7.02. The Morgan fingerprint density at radius 3 is 2.09 bits per heavy atom. The summed E-state index contributed by atoms with van der Waals surface area (Å²) in [7, 11) is -3.54. The van der Waals surface area contributed by atoms with E-state index in [2.05, 4.69) is 39.0 Å². The Hall–Kier alpha value is -2.97. The standard InChI is InChI=1S/C27H31FN4O2S/c28-24-6-8-25(9-7-24)30-16-18-31(19-17-30)27-11-10-26(21-29-27)35(33,34)32-14-12-23(13-15-32)20-22-4-2-1-3-5-22/h1-11,21,23H,12-20H2. The molecule has 0 amide bonds. The summed E-state index contributed by atoms with van der Waals surface area (Å²) in [4.78, 5) is 9.13. The maximum Gasteiger partial charge on any atom is 0.244 e. The van der Waals surface area contributed by atoms with Gasteiger partial charge in [0.05, 0.1) is 0 Å². The van der Waals surface area contributed by atoms with E-state index in [0.717, 1.165) is 56.9 Å². The Morgan fingerprint density at radius 2 is 1.46 bits per heavy atom. The van der Waals surface area contributed by atoms with E-state index in [4.69, 9.17) is 0 Å². The molecular formula is C27H31FN4O2S. The second-order valence-electron chi connectivity index (χ2n) is 9.34. The highest BCUT2D eigenvalue weighted by Gasteiger charge is 2.30. The fourth-order valence-electron chi connectivity index (χ4n) is 5.01. The molecule has 0 atom stereocenters. The van der Waals surface area contributed by atoms with Crippen LogP contribution in [0.2, 0.25) is 0 Å². The van der Waals surface area contributed by atoms with Crippen LogP contribution in [0.15, 0.2) is 77.8 Å². The number of pyridine rings is 1. The lowest BCUT2D eigenvalue weighted by Gasteiger charge is -2.36. The van der Waals surface area contributed by atoms with E-state index in [1.165, 1.54) is 23.9 Å². The SMILES string of the molecule is O=S(=O)(c1ccc(N2CCN(c3ccc(F)cc3)CC2)nc1)N1CCC(Cc2ccccc2)CC1. The molecule has 2 fully saturated rings. The second-order valence-corrected chi connectivity index (χ2v) is 11.3. The van der Waals surface area contributed by atoms with Gasteiger partial charge in [-0.25, -0.2) is 17.8 Å². The number of sulfonamides is 1. The van der Waals surface area contributed by atoms with Crippen LogP contribution in [-0.2, 0) is 16.4 Å². The molecule has 0 bridgehead atoms. The molecule has 0 radical (unpaired) electrons. The van der Waals surface area contributed by atoms with Crippen LogP contribution in [0.1, 0.15) is 18.4 Å². The van der Waals surface area contributed by atoms with Gasteiger partial charge in [0.2, 0.25) is 10.0 Å². The van der Waals surface area contributed by atoms with E-state index in [1.54, 1.807) is 22.5 Å². The van der Waals surface area contributed by atoms with Gasteiger partial charge in [-0.3, -0.25) is 0 Å². The van der Waals surface area contributed by atoms with Crippen molar-refractivity contribution in [1.29, 1.82) is 0 Å². The van der Waals surface area contributed by atoms with Gasteiger partial charge >= 0.3 is 0 Å². The van der Waals surface area contributed by atoms with Crippen LogP contribution in [0.4, 0.5) is 15.9 Å². The molecule has 5 rings (SSSR count). The van der Waals surface area contributed by atoms with Gasteiger partial charge in [0.25, 0.3) is 0 Å². The van der Waals surface area contributed by atoms with Gasteiger partial charge in [0, 0.05) is 51.2 Å². The zero-order valence-electron chi connectivity index (χ0n) is 19.8. The zero-order valence-corrected chi connectivity index (χ0v) is 20.6. The van der Waals surface area contributed by atoms with Gasteiger partial charge in [-0.1, -0.05) is 30.3 Å². The number of nitrogens with zero attached hydrogens (tertiary/aromatic N) is 4. The van der Waals surface area contributed by atoms with Crippen molar-refractivity contribution in [2.24, 2.45) is 5.92 Å². The molecule has 3 heterocycles. The minimum atomic E-state index is -3.54. The van der Waals surface area contributed by atoms with Crippen molar-refractivity contribution in [3.05, 3.63) is 84.3 Å². The normalized spacial score (nSPS) is 18.1. The van der Waals surface area contributed by atoms with Crippen molar-refractivity contribution in [3.63, 3.8) is 0 Å². The predicted octanol–water partition coefficient (Wildman–Crippen LogP) is 4.19. The van der Waals surface area contributed by atoms with Crippen molar-refractivity contribution >= 4 is 21.5 Å². The molecule has 2 aromatic carbocycles. The summed E-state index contributed by atoms with van der Waals surface area (Å²) in [6.07, 6.45) is 4.24. The number of rotatable bonds is 6. The number of halogens is 1. The second kappa shape index (κ2) is 10.3. The summed E-state index contributed by atoms with van der Waals surface area (Å²) in [6, 6.07) is 20.4. The first-order valence-corrected chi connectivity index (χ1v) is 13.7. The maximum atomic E-state index is 13.2. The van der Waals surface area contributed by atoms with Crippen molar-refractivity contribution in [2.75, 3.05) is 49.1 Å². The highest BCUT2D eigenvalue weighted by molar-refractivity contribution is 7.89. The van der Waals surface area contributed by atoms with Gasteiger partial charge in [0.15, 0.2) is 0 Å². The summed E-state index contributed by atoms with van der Waals surface area (Å²) in [6.45, 7) is 4.23. The van der Waals surface area contributed by atoms with Crippen LogP contribution in [0.25, 0.3) is 0 Å². The number of benzene rings is 2. The van der Waals surface area contributed by atoms with Crippen LogP contribution >= 0.6 is 0 Å². The van der Waals surface area contributed by atoms with E-state index in [0.29, 0.717) is 19.0 Å². The fourth-order valence-corrected chi connectivity index (χ4v) is 6.42. The molecule has 0 unspecified atom stereocenters. The van der Waals surface area contributed by atoms with Crippen LogP contribution < -0.4 is 9.80 Å². The summed E-state index contributed by atoms with van der Waals surface area (Å²) in [5.74, 6) is 1.06. The van der Waals surface area contributed by atoms with Crippen LogP contribution in [0, 0.1) is 11.7 Å². The number of aromatic nitrogens is 1. The maximum absolute atomic E-state index is 13.2. The Balaban J connectivity index is 1.16. The monoisotopic (exact) mass is 494 g/mol. The van der Waals surface area contributed by atoms with E-state index in [1.807, 2.05) is 12.1 Å². The predicted molar refractivity (Wildman–Crippen MR) is 137 cm³/mol. The number of piperidine rings is 1. The molecule has 35 heavy (non-hydrogen) atoms. The van der Waals surface area contributed by atoms with E-state index >= 15 is 0 Å². The molecule has 3 aromatic rings. The van der Waals surface area contributed by atoms with Crippen LogP contribution in [0.5, 0.6) is 0 Å². The molecule has 8 heteroatoms. The minimum Gasteiger partial charge on any atom is -0.368 e.